The van der Waals surface area contributed by atoms with Gasteiger partial charge in [0.2, 0.25) is 0 Å². The fraction of sp³-hybridized carbons (Fsp3) is 1.00. The summed E-state index contributed by atoms with van der Waals surface area (Å²) in [6, 6.07) is 0.497. The highest BCUT2D eigenvalue weighted by molar-refractivity contribution is 4.93. The van der Waals surface area contributed by atoms with Crippen molar-refractivity contribution < 1.29 is 4.74 Å². The van der Waals surface area contributed by atoms with Crippen molar-refractivity contribution in [1.29, 1.82) is 0 Å². The number of ether oxygens (including phenoxy) is 1. The van der Waals surface area contributed by atoms with Gasteiger partial charge < -0.3 is 10.1 Å². The molecule has 2 nitrogen and oxygen atoms in total. The van der Waals surface area contributed by atoms with Crippen molar-refractivity contribution in [2.75, 3.05) is 13.7 Å². The SMILES string of the molecule is CCCNC(C1CCCC(CC)C1)C(C)(C)OC. The Bertz CT molecular complexity index is 227. The van der Waals surface area contributed by atoms with Gasteiger partial charge in [0.1, 0.15) is 0 Å². The summed E-state index contributed by atoms with van der Waals surface area (Å²) in [4.78, 5) is 0. The van der Waals surface area contributed by atoms with Gasteiger partial charge in [-0.3, -0.25) is 0 Å². The van der Waals surface area contributed by atoms with Gasteiger partial charge in [-0.25, -0.2) is 0 Å². The molecule has 2 heteroatoms. The lowest BCUT2D eigenvalue weighted by Gasteiger charge is -2.42. The van der Waals surface area contributed by atoms with Crippen LogP contribution >= 0.6 is 0 Å². The molecule has 0 aromatic heterocycles. The second-order valence-electron chi connectivity index (χ2n) is 6.44. The van der Waals surface area contributed by atoms with Crippen LogP contribution in [-0.2, 0) is 4.74 Å². The third-order valence-corrected chi connectivity index (χ3v) is 4.76. The highest BCUT2D eigenvalue weighted by Crippen LogP contribution is 2.36. The Morgan fingerprint density at radius 1 is 1.28 bits per heavy atom. The van der Waals surface area contributed by atoms with E-state index in [1.165, 1.54) is 38.5 Å². The summed E-state index contributed by atoms with van der Waals surface area (Å²) in [7, 11) is 1.85. The van der Waals surface area contributed by atoms with Crippen LogP contribution in [0.5, 0.6) is 0 Å². The Balaban J connectivity index is 2.69. The first-order valence-corrected chi connectivity index (χ1v) is 7.83. The first-order valence-electron chi connectivity index (χ1n) is 7.83. The minimum absolute atomic E-state index is 0.0601. The van der Waals surface area contributed by atoms with Crippen molar-refractivity contribution in [2.24, 2.45) is 11.8 Å². The topological polar surface area (TPSA) is 21.3 Å². The molecule has 0 spiro atoms. The summed E-state index contributed by atoms with van der Waals surface area (Å²) in [5, 5.41) is 3.75. The van der Waals surface area contributed by atoms with Crippen LogP contribution in [0.2, 0.25) is 0 Å². The molecule has 108 valence electrons. The van der Waals surface area contributed by atoms with Crippen LogP contribution < -0.4 is 5.32 Å². The molecule has 1 aliphatic rings. The van der Waals surface area contributed by atoms with Gasteiger partial charge in [0.05, 0.1) is 5.60 Å². The zero-order valence-electron chi connectivity index (χ0n) is 13.1. The van der Waals surface area contributed by atoms with Crippen molar-refractivity contribution >= 4 is 0 Å². The quantitative estimate of drug-likeness (QED) is 0.742. The molecule has 18 heavy (non-hydrogen) atoms. The molecule has 0 bridgehead atoms. The van der Waals surface area contributed by atoms with Crippen molar-refractivity contribution in [3.8, 4) is 0 Å². The molecule has 0 aliphatic heterocycles. The van der Waals surface area contributed by atoms with Gasteiger partial charge in [0.25, 0.3) is 0 Å². The van der Waals surface area contributed by atoms with Crippen LogP contribution in [0.1, 0.15) is 66.2 Å². The molecule has 0 saturated heterocycles. The number of methoxy groups -OCH3 is 1. The summed E-state index contributed by atoms with van der Waals surface area (Å²) < 4.78 is 5.76. The van der Waals surface area contributed by atoms with E-state index in [-0.39, 0.29) is 5.60 Å². The van der Waals surface area contributed by atoms with Crippen molar-refractivity contribution in [3.05, 3.63) is 0 Å². The van der Waals surface area contributed by atoms with E-state index in [1.54, 1.807) is 0 Å². The lowest BCUT2D eigenvalue weighted by atomic mass is 9.73. The van der Waals surface area contributed by atoms with E-state index in [9.17, 15) is 0 Å². The van der Waals surface area contributed by atoms with Crippen LogP contribution in [0.25, 0.3) is 0 Å². The van der Waals surface area contributed by atoms with E-state index < -0.39 is 0 Å². The molecule has 0 aromatic rings. The first-order chi connectivity index (χ1) is 8.55. The third-order valence-electron chi connectivity index (χ3n) is 4.76. The van der Waals surface area contributed by atoms with Crippen LogP contribution in [0.4, 0.5) is 0 Å². The zero-order chi connectivity index (χ0) is 13.6. The van der Waals surface area contributed by atoms with Crippen molar-refractivity contribution in [2.45, 2.75) is 77.9 Å². The number of rotatable bonds is 7. The largest absolute Gasteiger partial charge is 0.377 e. The average Bonchev–Trinajstić information content (AvgIpc) is 2.39. The molecule has 1 saturated carbocycles. The maximum Gasteiger partial charge on any atom is 0.0777 e. The van der Waals surface area contributed by atoms with Crippen LogP contribution in [-0.4, -0.2) is 25.3 Å². The molecule has 0 amide bonds. The van der Waals surface area contributed by atoms with Gasteiger partial charge >= 0.3 is 0 Å². The standard InChI is InChI=1S/C16H33NO/c1-6-11-17-15(16(3,4)18-5)14-10-8-9-13(7-2)12-14/h13-15,17H,6-12H2,1-5H3. The minimum Gasteiger partial charge on any atom is -0.377 e. The van der Waals surface area contributed by atoms with E-state index in [2.05, 4.69) is 33.0 Å². The molecule has 1 N–H and O–H groups in total. The van der Waals surface area contributed by atoms with Crippen molar-refractivity contribution in [1.82, 2.24) is 5.32 Å². The Labute approximate surface area is 114 Å². The van der Waals surface area contributed by atoms with Gasteiger partial charge in [-0.1, -0.05) is 33.1 Å². The Morgan fingerprint density at radius 3 is 2.56 bits per heavy atom. The van der Waals surface area contributed by atoms with E-state index in [1.807, 2.05) is 7.11 Å². The third kappa shape index (κ3) is 4.24. The van der Waals surface area contributed by atoms with Gasteiger partial charge in [-0.2, -0.15) is 0 Å². The maximum absolute atomic E-state index is 5.76. The van der Waals surface area contributed by atoms with E-state index in [4.69, 9.17) is 4.74 Å². The molecule has 3 unspecified atom stereocenters. The van der Waals surface area contributed by atoms with E-state index in [0.717, 1.165) is 18.4 Å². The van der Waals surface area contributed by atoms with Crippen LogP contribution in [0, 0.1) is 11.8 Å². The predicted octanol–water partition coefficient (Wildman–Crippen LogP) is 4.00. The van der Waals surface area contributed by atoms with Gasteiger partial charge in [0, 0.05) is 13.2 Å². The Morgan fingerprint density at radius 2 is 2.00 bits per heavy atom. The molecule has 0 radical (unpaired) electrons. The number of hydrogen-bond acceptors (Lipinski definition) is 2. The van der Waals surface area contributed by atoms with Crippen molar-refractivity contribution in [3.63, 3.8) is 0 Å². The fourth-order valence-electron chi connectivity index (χ4n) is 3.41. The number of hydrogen-bond donors (Lipinski definition) is 1. The normalized spacial score (nSPS) is 27.2. The van der Waals surface area contributed by atoms with Gasteiger partial charge in [0.15, 0.2) is 0 Å². The number of nitrogens with one attached hydrogen (secondary N) is 1. The fourth-order valence-corrected chi connectivity index (χ4v) is 3.41. The lowest BCUT2D eigenvalue weighted by Crippen LogP contribution is -2.53. The predicted molar refractivity (Wildman–Crippen MR) is 78.9 cm³/mol. The van der Waals surface area contributed by atoms with Crippen LogP contribution in [0.3, 0.4) is 0 Å². The first kappa shape index (κ1) is 16.0. The molecule has 1 rings (SSSR count). The average molecular weight is 255 g/mol. The van der Waals surface area contributed by atoms with E-state index >= 15 is 0 Å². The lowest BCUT2D eigenvalue weighted by molar-refractivity contribution is -0.0362. The second-order valence-corrected chi connectivity index (χ2v) is 6.44. The molecule has 1 aliphatic carbocycles. The molecule has 0 heterocycles. The summed E-state index contributed by atoms with van der Waals surface area (Å²) in [6.07, 6.45) is 8.11. The Hall–Kier alpha value is -0.0800. The molecule has 0 aromatic carbocycles. The van der Waals surface area contributed by atoms with E-state index in [0.29, 0.717) is 6.04 Å². The maximum atomic E-state index is 5.76. The smallest absolute Gasteiger partial charge is 0.0777 e. The molecular weight excluding hydrogens is 222 g/mol. The summed E-state index contributed by atoms with van der Waals surface area (Å²) in [5.41, 5.74) is -0.0601. The van der Waals surface area contributed by atoms with Gasteiger partial charge in [-0.05, 0) is 51.5 Å². The van der Waals surface area contributed by atoms with Gasteiger partial charge in [-0.15, -0.1) is 0 Å². The summed E-state index contributed by atoms with van der Waals surface area (Å²) in [5.74, 6) is 1.72. The minimum atomic E-state index is -0.0601. The highest BCUT2D eigenvalue weighted by atomic mass is 16.5. The zero-order valence-corrected chi connectivity index (χ0v) is 13.1. The molecule has 1 fully saturated rings. The van der Waals surface area contributed by atoms with Crippen LogP contribution in [0.15, 0.2) is 0 Å². The Kier molecular flexibility index (Phi) is 6.65. The summed E-state index contributed by atoms with van der Waals surface area (Å²) in [6.45, 7) is 10.1. The molecule has 3 atom stereocenters. The monoisotopic (exact) mass is 255 g/mol. The molecular formula is C16H33NO. The highest BCUT2D eigenvalue weighted by Gasteiger charge is 2.37. The summed E-state index contributed by atoms with van der Waals surface area (Å²) >= 11 is 0. The second kappa shape index (κ2) is 7.49.